The van der Waals surface area contributed by atoms with Gasteiger partial charge in [0, 0.05) is 6.42 Å². The predicted molar refractivity (Wildman–Crippen MR) is 79.6 cm³/mol. The van der Waals surface area contributed by atoms with E-state index in [4.69, 9.17) is 9.47 Å². The first kappa shape index (κ1) is 16.3. The molecule has 1 aliphatic heterocycles. The van der Waals surface area contributed by atoms with Gasteiger partial charge in [-0.2, -0.15) is 0 Å². The molecule has 0 unspecified atom stereocenters. The van der Waals surface area contributed by atoms with Crippen molar-refractivity contribution in [2.75, 3.05) is 20.3 Å². The maximum atomic E-state index is 12.1. The largest absolute Gasteiger partial charge is 0.497 e. The van der Waals surface area contributed by atoms with Crippen molar-refractivity contribution in [1.29, 1.82) is 0 Å². The van der Waals surface area contributed by atoms with Gasteiger partial charge in [0.25, 0.3) is 0 Å². The topological polar surface area (TPSA) is 76.1 Å². The van der Waals surface area contributed by atoms with Gasteiger partial charge in [0.1, 0.15) is 24.2 Å². The molecule has 1 fully saturated rings. The third-order valence-electron chi connectivity index (χ3n) is 3.61. The number of aliphatic hydroxyl groups is 1. The van der Waals surface area contributed by atoms with Crippen LogP contribution in [0.1, 0.15) is 20.3 Å². The SMILES string of the molecule is COc1ccc(OC[C@@H](O)CN2C(=O)CC(C)(C)C2=O)cc1. The van der Waals surface area contributed by atoms with Crippen LogP contribution in [0.4, 0.5) is 0 Å². The van der Waals surface area contributed by atoms with Gasteiger partial charge in [0.2, 0.25) is 11.8 Å². The van der Waals surface area contributed by atoms with Crippen LogP contribution >= 0.6 is 0 Å². The monoisotopic (exact) mass is 307 g/mol. The normalized spacial score (nSPS) is 18.5. The third-order valence-corrected chi connectivity index (χ3v) is 3.61. The summed E-state index contributed by atoms with van der Waals surface area (Å²) in [6.45, 7) is 3.42. The van der Waals surface area contributed by atoms with Crippen LogP contribution in [-0.4, -0.2) is 48.2 Å². The standard InChI is InChI=1S/C16H21NO5/c1-16(2)8-14(19)17(15(16)20)9-11(18)10-22-13-6-4-12(21-3)5-7-13/h4-7,11,18H,8-10H2,1-3H3/t11-/m0/s1. The number of benzene rings is 1. The number of hydrogen-bond donors (Lipinski definition) is 1. The average Bonchev–Trinajstić information content (AvgIpc) is 2.67. The molecule has 0 aromatic heterocycles. The molecular weight excluding hydrogens is 286 g/mol. The van der Waals surface area contributed by atoms with E-state index < -0.39 is 11.5 Å². The van der Waals surface area contributed by atoms with Crippen molar-refractivity contribution in [3.8, 4) is 11.5 Å². The van der Waals surface area contributed by atoms with E-state index in [1.54, 1.807) is 45.2 Å². The quantitative estimate of drug-likeness (QED) is 0.800. The molecule has 6 heteroatoms. The van der Waals surface area contributed by atoms with Crippen molar-refractivity contribution in [2.45, 2.75) is 26.4 Å². The minimum absolute atomic E-state index is 0.00379. The minimum Gasteiger partial charge on any atom is -0.497 e. The molecule has 1 heterocycles. The summed E-state index contributed by atoms with van der Waals surface area (Å²) in [5, 5.41) is 9.98. The number of amides is 2. The highest BCUT2D eigenvalue weighted by molar-refractivity contribution is 6.05. The highest BCUT2D eigenvalue weighted by Crippen LogP contribution is 2.31. The van der Waals surface area contributed by atoms with Gasteiger partial charge in [-0.15, -0.1) is 0 Å². The Bertz CT molecular complexity index is 552. The number of nitrogens with zero attached hydrogens (tertiary/aromatic N) is 1. The van der Waals surface area contributed by atoms with Gasteiger partial charge in [-0.3, -0.25) is 14.5 Å². The van der Waals surface area contributed by atoms with Crippen molar-refractivity contribution >= 4 is 11.8 Å². The molecule has 0 saturated carbocycles. The smallest absolute Gasteiger partial charge is 0.235 e. The highest BCUT2D eigenvalue weighted by Gasteiger charge is 2.45. The van der Waals surface area contributed by atoms with Crippen molar-refractivity contribution in [1.82, 2.24) is 4.90 Å². The number of carbonyl (C=O) groups is 2. The maximum absolute atomic E-state index is 12.1. The van der Waals surface area contributed by atoms with E-state index in [0.717, 1.165) is 4.90 Å². The van der Waals surface area contributed by atoms with Gasteiger partial charge in [-0.1, -0.05) is 13.8 Å². The second-order valence-corrected chi connectivity index (χ2v) is 6.01. The fourth-order valence-corrected chi connectivity index (χ4v) is 2.34. The van der Waals surface area contributed by atoms with Crippen LogP contribution in [0, 0.1) is 5.41 Å². The number of likely N-dealkylation sites (tertiary alicyclic amines) is 1. The number of ether oxygens (including phenoxy) is 2. The number of imide groups is 1. The Morgan fingerprint density at radius 2 is 1.82 bits per heavy atom. The Morgan fingerprint density at radius 3 is 2.32 bits per heavy atom. The summed E-state index contributed by atoms with van der Waals surface area (Å²) >= 11 is 0. The molecule has 1 saturated heterocycles. The Hall–Kier alpha value is -2.08. The molecule has 0 bridgehead atoms. The van der Waals surface area contributed by atoms with Crippen LogP contribution in [0.15, 0.2) is 24.3 Å². The Kier molecular flexibility index (Phi) is 4.71. The lowest BCUT2D eigenvalue weighted by Gasteiger charge is -2.21. The molecule has 1 aromatic carbocycles. The van der Waals surface area contributed by atoms with Crippen LogP contribution in [0.5, 0.6) is 11.5 Å². The number of hydrogen-bond acceptors (Lipinski definition) is 5. The summed E-state index contributed by atoms with van der Waals surface area (Å²) in [4.78, 5) is 25.0. The number of carbonyl (C=O) groups excluding carboxylic acids is 2. The molecule has 1 atom stereocenters. The first-order chi connectivity index (χ1) is 10.3. The third kappa shape index (κ3) is 3.57. The van der Waals surface area contributed by atoms with E-state index in [2.05, 4.69) is 0 Å². The Labute approximate surface area is 129 Å². The summed E-state index contributed by atoms with van der Waals surface area (Å²) in [5.41, 5.74) is -0.687. The van der Waals surface area contributed by atoms with E-state index in [9.17, 15) is 14.7 Å². The molecule has 1 aliphatic rings. The Balaban J connectivity index is 1.86. The first-order valence-corrected chi connectivity index (χ1v) is 7.13. The molecule has 1 aromatic rings. The number of methoxy groups -OCH3 is 1. The van der Waals surface area contributed by atoms with Crippen LogP contribution in [0.25, 0.3) is 0 Å². The molecule has 6 nitrogen and oxygen atoms in total. The van der Waals surface area contributed by atoms with E-state index in [0.29, 0.717) is 11.5 Å². The molecule has 1 N–H and O–H groups in total. The second kappa shape index (κ2) is 6.36. The lowest BCUT2D eigenvalue weighted by molar-refractivity contribution is -0.142. The fourth-order valence-electron chi connectivity index (χ4n) is 2.34. The van der Waals surface area contributed by atoms with Gasteiger partial charge in [0.05, 0.1) is 19.1 Å². The van der Waals surface area contributed by atoms with Gasteiger partial charge < -0.3 is 14.6 Å². The molecule has 2 amide bonds. The average molecular weight is 307 g/mol. The minimum atomic E-state index is -0.927. The molecule has 0 spiro atoms. The molecule has 120 valence electrons. The van der Waals surface area contributed by atoms with E-state index in [1.165, 1.54) is 0 Å². The van der Waals surface area contributed by atoms with Gasteiger partial charge in [-0.05, 0) is 24.3 Å². The zero-order valence-electron chi connectivity index (χ0n) is 13.0. The first-order valence-electron chi connectivity index (χ1n) is 7.13. The molecule has 0 aliphatic carbocycles. The van der Waals surface area contributed by atoms with Crippen LogP contribution in [0.3, 0.4) is 0 Å². The molecule has 22 heavy (non-hydrogen) atoms. The fraction of sp³-hybridized carbons (Fsp3) is 0.500. The van der Waals surface area contributed by atoms with Gasteiger partial charge >= 0.3 is 0 Å². The van der Waals surface area contributed by atoms with Gasteiger partial charge in [-0.25, -0.2) is 0 Å². The van der Waals surface area contributed by atoms with Crippen molar-refractivity contribution in [3.05, 3.63) is 24.3 Å². The summed E-state index contributed by atoms with van der Waals surface area (Å²) in [6.07, 6.45) is -0.748. The number of aliphatic hydroxyl groups excluding tert-OH is 1. The van der Waals surface area contributed by atoms with Crippen LogP contribution < -0.4 is 9.47 Å². The number of β-amino-alcohol motifs (C(OH)–C–C–N with tert-alkyl or cyclic N) is 1. The number of rotatable bonds is 6. The summed E-state index contributed by atoms with van der Waals surface area (Å²) < 4.78 is 10.5. The maximum Gasteiger partial charge on any atom is 0.235 e. The van der Waals surface area contributed by atoms with Crippen LogP contribution in [0.2, 0.25) is 0 Å². The van der Waals surface area contributed by atoms with E-state index >= 15 is 0 Å². The summed E-state index contributed by atoms with van der Waals surface area (Å²) in [7, 11) is 1.57. The highest BCUT2D eigenvalue weighted by atomic mass is 16.5. The summed E-state index contributed by atoms with van der Waals surface area (Å²) in [6, 6.07) is 6.94. The molecule has 0 radical (unpaired) electrons. The Morgan fingerprint density at radius 1 is 1.23 bits per heavy atom. The predicted octanol–water partition coefficient (Wildman–Crippen LogP) is 1.22. The zero-order valence-corrected chi connectivity index (χ0v) is 13.0. The van der Waals surface area contributed by atoms with Crippen molar-refractivity contribution in [3.63, 3.8) is 0 Å². The molecule has 2 rings (SSSR count). The molecular formula is C16H21NO5. The van der Waals surface area contributed by atoms with Crippen molar-refractivity contribution in [2.24, 2.45) is 5.41 Å². The zero-order chi connectivity index (χ0) is 16.3. The lowest BCUT2D eigenvalue weighted by atomic mass is 9.92. The lowest BCUT2D eigenvalue weighted by Crippen LogP contribution is -2.40. The van der Waals surface area contributed by atoms with Crippen molar-refractivity contribution < 1.29 is 24.2 Å². The van der Waals surface area contributed by atoms with E-state index in [-0.39, 0.29) is 31.4 Å². The second-order valence-electron chi connectivity index (χ2n) is 6.01. The van der Waals surface area contributed by atoms with E-state index in [1.807, 2.05) is 0 Å². The summed E-state index contributed by atoms with van der Waals surface area (Å²) in [5.74, 6) is 0.794. The van der Waals surface area contributed by atoms with Gasteiger partial charge in [0.15, 0.2) is 0 Å². The van der Waals surface area contributed by atoms with Crippen LogP contribution in [-0.2, 0) is 9.59 Å².